The molecule has 4 N–H and O–H groups in total. The zero-order valence-corrected chi connectivity index (χ0v) is 44.7. The molecule has 26 heteroatoms. The number of carbonyl (C=O) groups excluding carboxylic acids is 2. The Hall–Kier alpha value is -6.46. The first kappa shape index (κ1) is 56.3. The molecule has 0 radical (unpaired) electrons. The van der Waals surface area contributed by atoms with Crippen molar-refractivity contribution in [3.63, 3.8) is 0 Å². The van der Waals surface area contributed by atoms with Gasteiger partial charge in [-0.05, 0) is 36.4 Å². The van der Waals surface area contributed by atoms with Gasteiger partial charge in [0.15, 0.2) is 22.8 Å². The highest BCUT2D eigenvalue weighted by molar-refractivity contribution is 8.00. The van der Waals surface area contributed by atoms with E-state index in [1.54, 1.807) is 85.5 Å². The first-order valence-electron chi connectivity index (χ1n) is 24.0. The van der Waals surface area contributed by atoms with Gasteiger partial charge in [-0.25, -0.2) is 46.9 Å². The van der Waals surface area contributed by atoms with Gasteiger partial charge in [0.1, 0.15) is 59.8 Å². The van der Waals surface area contributed by atoms with Crippen LogP contribution in [0.5, 0.6) is 0 Å². The molecule has 8 aromatic rings. The minimum absolute atomic E-state index is 0.0334. The summed E-state index contributed by atoms with van der Waals surface area (Å²) in [6, 6.07) is 20.1. The normalized spacial score (nSPS) is 19.8. The van der Waals surface area contributed by atoms with Crippen molar-refractivity contribution >= 4 is 68.3 Å². The van der Waals surface area contributed by atoms with Crippen molar-refractivity contribution in [3.8, 4) is 0 Å². The molecular weight excluding hydrogens is 1100 g/mol. The van der Waals surface area contributed by atoms with Gasteiger partial charge in [-0.15, -0.1) is 46.2 Å². The molecule has 0 aliphatic carbocycles. The Labute approximate surface area is 460 Å². The lowest BCUT2D eigenvalue weighted by Gasteiger charge is -2.37. The van der Waals surface area contributed by atoms with Gasteiger partial charge in [0.2, 0.25) is 0 Å². The average Bonchev–Trinajstić information content (AvgIpc) is 4.37. The van der Waals surface area contributed by atoms with E-state index in [2.05, 4.69) is 40.8 Å². The maximum Gasteiger partial charge on any atom is 0.257 e. The SMILES string of the molecule is C[C@@H](SC1COC(c2ccc(C(=O)Nc3nccs3)cc2)OC1)[C@](O)(Cn1cncn1)c1ccc(F)cc1F.C[C@@H](SC1COC(c2ccc(C(=O)Nc3nccs3)cc2)OC1)[C@](O)(Cn1cncn1)c1ccc(F)cc1F. The van der Waals surface area contributed by atoms with Crippen LogP contribution >= 0.6 is 46.2 Å². The number of hydrogen-bond acceptors (Lipinski definition) is 18. The average molecular weight is 1150 g/mol. The maximum absolute atomic E-state index is 14.8. The van der Waals surface area contributed by atoms with E-state index >= 15 is 0 Å². The van der Waals surface area contributed by atoms with Crippen LogP contribution in [0.2, 0.25) is 0 Å². The van der Waals surface area contributed by atoms with Crippen LogP contribution in [0, 0.1) is 23.3 Å². The van der Waals surface area contributed by atoms with Gasteiger partial charge in [-0.1, -0.05) is 50.2 Å². The number of amides is 2. The second kappa shape index (κ2) is 25.6. The number of thioether (sulfide) groups is 2. The van der Waals surface area contributed by atoms with Gasteiger partial charge < -0.3 is 29.2 Å². The number of carbonyl (C=O) groups is 2. The smallest absolute Gasteiger partial charge is 0.257 e. The fourth-order valence-corrected chi connectivity index (χ4v) is 12.2. The van der Waals surface area contributed by atoms with E-state index in [9.17, 15) is 37.4 Å². The van der Waals surface area contributed by atoms with Crippen molar-refractivity contribution in [1.82, 2.24) is 39.5 Å². The highest BCUT2D eigenvalue weighted by Gasteiger charge is 2.43. The molecule has 2 saturated heterocycles. The minimum Gasteiger partial charge on any atom is -0.382 e. The molecule has 2 aliphatic rings. The lowest BCUT2D eigenvalue weighted by Crippen LogP contribution is -2.43. The Bertz CT molecular complexity index is 2980. The number of aliphatic hydroxyl groups is 2. The summed E-state index contributed by atoms with van der Waals surface area (Å²) in [7, 11) is 0. The molecule has 18 nitrogen and oxygen atoms in total. The van der Waals surface area contributed by atoms with Gasteiger partial charge in [0.05, 0.1) is 50.0 Å². The zero-order valence-electron chi connectivity index (χ0n) is 41.5. The van der Waals surface area contributed by atoms with E-state index in [-0.39, 0.29) is 46.5 Å². The Morgan fingerprint density at radius 3 is 1.33 bits per heavy atom. The Morgan fingerprint density at radius 2 is 1.01 bits per heavy atom. The Kier molecular flexibility index (Phi) is 18.4. The Balaban J connectivity index is 0.000000190. The van der Waals surface area contributed by atoms with E-state index in [0.29, 0.717) is 47.8 Å². The molecular formula is C52H50F4N10O8S4. The number of benzene rings is 4. The summed E-state index contributed by atoms with van der Waals surface area (Å²) in [5, 5.41) is 40.2. The number of aromatic nitrogens is 8. The number of nitrogens with zero attached hydrogens (tertiary/aromatic N) is 8. The fourth-order valence-electron chi connectivity index (χ4n) is 8.48. The summed E-state index contributed by atoms with van der Waals surface area (Å²) in [4.78, 5) is 40.7. The van der Waals surface area contributed by atoms with Crippen LogP contribution < -0.4 is 10.6 Å². The number of halogens is 4. The van der Waals surface area contributed by atoms with Crippen LogP contribution in [-0.4, -0.2) is 109 Å². The van der Waals surface area contributed by atoms with Gasteiger partial charge in [0, 0.05) is 79.2 Å². The molecule has 2 amide bonds. The van der Waals surface area contributed by atoms with Gasteiger partial charge in [-0.2, -0.15) is 10.2 Å². The Morgan fingerprint density at radius 1 is 0.628 bits per heavy atom. The molecule has 0 unspecified atom stereocenters. The molecule has 4 aromatic heterocycles. The van der Waals surface area contributed by atoms with E-state index in [1.807, 2.05) is 0 Å². The van der Waals surface area contributed by atoms with Crippen LogP contribution in [0.25, 0.3) is 0 Å². The van der Waals surface area contributed by atoms with E-state index in [0.717, 1.165) is 35.4 Å². The number of anilines is 2. The lowest BCUT2D eigenvalue weighted by molar-refractivity contribution is -0.180. The fraction of sp³-hybridized carbons (Fsp3) is 0.308. The molecule has 408 valence electrons. The molecule has 0 saturated carbocycles. The van der Waals surface area contributed by atoms with Crippen molar-refractivity contribution < 1.29 is 56.3 Å². The van der Waals surface area contributed by atoms with E-state index < -0.39 is 57.6 Å². The number of nitrogens with one attached hydrogen (secondary N) is 2. The van der Waals surface area contributed by atoms with Crippen LogP contribution in [0.3, 0.4) is 0 Å². The second-order valence-electron chi connectivity index (χ2n) is 17.9. The predicted molar refractivity (Wildman–Crippen MR) is 285 cm³/mol. The largest absolute Gasteiger partial charge is 0.382 e. The van der Waals surface area contributed by atoms with Crippen LogP contribution in [0.4, 0.5) is 27.8 Å². The van der Waals surface area contributed by atoms with E-state index in [4.69, 9.17) is 18.9 Å². The summed E-state index contributed by atoms with van der Waals surface area (Å²) in [6.45, 7) is 4.65. The molecule has 4 aromatic carbocycles. The summed E-state index contributed by atoms with van der Waals surface area (Å²) in [6.07, 6.45) is 7.50. The van der Waals surface area contributed by atoms with Crippen LogP contribution in [0.1, 0.15) is 69.4 Å². The first-order chi connectivity index (χ1) is 37.6. The summed E-state index contributed by atoms with van der Waals surface area (Å²) >= 11 is 5.44. The third-order valence-corrected chi connectivity index (χ3v) is 16.9. The summed E-state index contributed by atoms with van der Waals surface area (Å²) in [5.41, 5.74) is -1.03. The minimum atomic E-state index is -1.72. The van der Waals surface area contributed by atoms with E-state index in [1.165, 1.54) is 93.0 Å². The molecule has 2 fully saturated rings. The zero-order chi connectivity index (χ0) is 54.8. The van der Waals surface area contributed by atoms with Gasteiger partial charge in [-0.3, -0.25) is 20.2 Å². The molecule has 10 rings (SSSR count). The molecule has 4 atom stereocenters. The molecule has 6 heterocycles. The highest BCUT2D eigenvalue weighted by atomic mass is 32.2. The quantitative estimate of drug-likeness (QED) is 0.0590. The predicted octanol–water partition coefficient (Wildman–Crippen LogP) is 8.78. The van der Waals surface area contributed by atoms with Crippen molar-refractivity contribution in [2.75, 3.05) is 37.1 Å². The van der Waals surface area contributed by atoms with Crippen LogP contribution in [-0.2, 0) is 43.2 Å². The van der Waals surface area contributed by atoms with Gasteiger partial charge >= 0.3 is 0 Å². The third kappa shape index (κ3) is 13.9. The number of hydrogen-bond donors (Lipinski definition) is 4. The lowest BCUT2D eigenvalue weighted by atomic mass is 9.90. The topological polar surface area (TPSA) is 223 Å². The molecule has 2 aliphatic heterocycles. The number of ether oxygens (including phenoxy) is 4. The summed E-state index contributed by atoms with van der Waals surface area (Å²) in [5.74, 6) is -3.66. The van der Waals surface area contributed by atoms with Crippen LogP contribution in [0.15, 0.2) is 133 Å². The third-order valence-electron chi connectivity index (χ3n) is 12.6. The first-order valence-corrected chi connectivity index (χ1v) is 27.7. The maximum atomic E-state index is 14.8. The number of rotatable bonds is 18. The van der Waals surface area contributed by atoms with Crippen molar-refractivity contribution in [1.29, 1.82) is 0 Å². The van der Waals surface area contributed by atoms with Gasteiger partial charge in [0.25, 0.3) is 11.8 Å². The van der Waals surface area contributed by atoms with Crippen molar-refractivity contribution in [3.05, 3.63) is 190 Å². The number of thiazole rings is 2. The molecule has 0 bridgehead atoms. The molecule has 0 spiro atoms. The standard InChI is InChI=1S/2C26H25F2N5O4S2/c2*1-16(26(35,13-33-15-29-14-31-33)21-7-6-19(27)10-22(21)28)39-20-11-36-24(37-12-20)18-4-2-17(3-5-18)23(34)32-25-30-8-9-38-25/h2*2-10,14-16,20,24,35H,11-13H2,1H3,(H,30,32,34)/t2*16-,20?,24?,26-/m11/s1. The summed E-state index contributed by atoms with van der Waals surface area (Å²) < 4.78 is 83.4. The van der Waals surface area contributed by atoms with Crippen molar-refractivity contribution in [2.24, 2.45) is 0 Å². The highest BCUT2D eigenvalue weighted by Crippen LogP contribution is 2.41. The second-order valence-corrected chi connectivity index (χ2v) is 23.0. The molecule has 78 heavy (non-hydrogen) atoms. The monoisotopic (exact) mass is 1150 g/mol. The van der Waals surface area contributed by atoms with Crippen molar-refractivity contribution in [2.45, 2.75) is 71.7 Å².